The van der Waals surface area contributed by atoms with E-state index >= 15 is 0 Å². The summed E-state index contributed by atoms with van der Waals surface area (Å²) in [7, 11) is 0. The Bertz CT molecular complexity index is 807. The first-order chi connectivity index (χ1) is 14.4. The zero-order chi connectivity index (χ0) is 23.7. The third-order valence-corrected chi connectivity index (χ3v) is 4.55. The third-order valence-electron chi connectivity index (χ3n) is 4.55. The van der Waals surface area contributed by atoms with E-state index < -0.39 is 36.2 Å². The molecule has 1 rings (SSSR count). The van der Waals surface area contributed by atoms with Crippen LogP contribution in [0.25, 0.3) is 0 Å². The van der Waals surface area contributed by atoms with E-state index in [9.17, 15) is 19.2 Å². The Morgan fingerprint density at radius 3 is 1.90 bits per heavy atom. The molecular formula is C22H31NO8. The van der Waals surface area contributed by atoms with Crippen molar-refractivity contribution in [1.29, 1.82) is 0 Å². The van der Waals surface area contributed by atoms with Crippen LogP contribution >= 0.6 is 0 Å². The van der Waals surface area contributed by atoms with E-state index in [1.165, 1.54) is 26.0 Å². The molecule has 0 spiro atoms. The minimum atomic E-state index is -1.01. The molecule has 31 heavy (non-hydrogen) atoms. The first kappa shape index (κ1) is 26.1. The monoisotopic (exact) mass is 437 g/mol. The van der Waals surface area contributed by atoms with Crippen LogP contribution in [-0.4, -0.2) is 42.1 Å². The predicted octanol–water partition coefficient (Wildman–Crippen LogP) is 2.32. The van der Waals surface area contributed by atoms with Crippen LogP contribution < -0.4 is 15.2 Å². The van der Waals surface area contributed by atoms with Crippen molar-refractivity contribution in [2.45, 2.75) is 72.6 Å². The van der Waals surface area contributed by atoms with Crippen LogP contribution in [0.5, 0.6) is 11.5 Å². The maximum absolute atomic E-state index is 12.4. The Labute approximate surface area is 182 Å². The molecule has 1 aromatic carbocycles. The summed E-state index contributed by atoms with van der Waals surface area (Å²) in [6.07, 6.45) is -0.581. The highest BCUT2D eigenvalue weighted by molar-refractivity contribution is 5.77. The molecule has 1 aromatic rings. The summed E-state index contributed by atoms with van der Waals surface area (Å²) < 4.78 is 20.7. The van der Waals surface area contributed by atoms with Crippen molar-refractivity contribution in [1.82, 2.24) is 0 Å². The number of esters is 4. The molecule has 0 aliphatic carbocycles. The fourth-order valence-corrected chi connectivity index (χ4v) is 2.42. The van der Waals surface area contributed by atoms with Crippen LogP contribution in [0.4, 0.5) is 0 Å². The van der Waals surface area contributed by atoms with E-state index in [0.717, 1.165) is 0 Å². The maximum Gasteiger partial charge on any atom is 0.323 e. The second-order valence-electron chi connectivity index (χ2n) is 7.37. The van der Waals surface area contributed by atoms with Crippen LogP contribution in [-0.2, 0) is 35.1 Å². The predicted molar refractivity (Wildman–Crippen MR) is 111 cm³/mol. The molecule has 0 radical (unpaired) electrons. The number of carbonyl (C=O) groups is 4. The number of hydrogen-bond acceptors (Lipinski definition) is 9. The van der Waals surface area contributed by atoms with Gasteiger partial charge >= 0.3 is 23.9 Å². The Kier molecular flexibility index (Phi) is 10.1. The quantitative estimate of drug-likeness (QED) is 0.432. The van der Waals surface area contributed by atoms with E-state index in [1.54, 1.807) is 26.8 Å². The van der Waals surface area contributed by atoms with Gasteiger partial charge in [-0.25, -0.2) is 0 Å². The van der Waals surface area contributed by atoms with Crippen molar-refractivity contribution in [2.24, 2.45) is 11.7 Å². The highest BCUT2D eigenvalue weighted by atomic mass is 16.6. The van der Waals surface area contributed by atoms with Crippen LogP contribution in [0, 0.1) is 5.92 Å². The number of nitrogens with two attached hydrogens (primary N) is 1. The van der Waals surface area contributed by atoms with Gasteiger partial charge in [-0.15, -0.1) is 0 Å². The average Bonchev–Trinajstić information content (AvgIpc) is 2.68. The fraction of sp³-hybridized carbons (Fsp3) is 0.545. The molecule has 0 saturated carbocycles. The Morgan fingerprint density at radius 1 is 0.871 bits per heavy atom. The minimum absolute atomic E-state index is 0.0414. The second kappa shape index (κ2) is 12.0. The van der Waals surface area contributed by atoms with Crippen molar-refractivity contribution < 1.29 is 38.1 Å². The number of benzene rings is 1. The van der Waals surface area contributed by atoms with Gasteiger partial charge in [-0.3, -0.25) is 19.2 Å². The molecule has 0 saturated heterocycles. The first-order valence-electron chi connectivity index (χ1n) is 10.1. The van der Waals surface area contributed by atoms with Gasteiger partial charge < -0.3 is 24.7 Å². The van der Waals surface area contributed by atoms with Crippen LogP contribution in [0.3, 0.4) is 0 Å². The normalized spacial score (nSPS) is 14.5. The lowest BCUT2D eigenvalue weighted by atomic mass is 10.1. The molecule has 4 atom stereocenters. The Balaban J connectivity index is 2.77. The zero-order valence-corrected chi connectivity index (χ0v) is 18.8. The third kappa shape index (κ3) is 8.75. The molecule has 0 heterocycles. The zero-order valence-electron chi connectivity index (χ0n) is 18.8. The number of ether oxygens (including phenoxy) is 4. The first-order valence-corrected chi connectivity index (χ1v) is 10.1. The highest BCUT2D eigenvalue weighted by Crippen LogP contribution is 2.29. The number of hydrogen-bond donors (Lipinski definition) is 1. The largest absolute Gasteiger partial charge is 0.459 e. The Morgan fingerprint density at radius 2 is 1.39 bits per heavy atom. The molecule has 9 heteroatoms. The molecule has 172 valence electrons. The van der Waals surface area contributed by atoms with Gasteiger partial charge in [-0.1, -0.05) is 19.9 Å². The maximum atomic E-state index is 12.4. The van der Waals surface area contributed by atoms with E-state index in [1.807, 2.05) is 6.92 Å². The van der Waals surface area contributed by atoms with E-state index in [2.05, 4.69) is 0 Å². The van der Waals surface area contributed by atoms with Crippen molar-refractivity contribution in [3.63, 3.8) is 0 Å². The Hall–Kier alpha value is -2.94. The van der Waals surface area contributed by atoms with Crippen molar-refractivity contribution in [3.05, 3.63) is 23.8 Å². The summed E-state index contributed by atoms with van der Waals surface area (Å²) in [4.78, 5) is 46.8. The molecule has 2 unspecified atom stereocenters. The molecule has 0 aliphatic rings. The fourth-order valence-electron chi connectivity index (χ4n) is 2.42. The average molecular weight is 437 g/mol. The van der Waals surface area contributed by atoms with Gasteiger partial charge in [0.25, 0.3) is 0 Å². The molecule has 2 N–H and O–H groups in total. The van der Waals surface area contributed by atoms with Gasteiger partial charge in [0.15, 0.2) is 11.5 Å². The van der Waals surface area contributed by atoms with Crippen LogP contribution in [0.1, 0.15) is 53.5 Å². The lowest BCUT2D eigenvalue weighted by Gasteiger charge is -2.23. The lowest BCUT2D eigenvalue weighted by Crippen LogP contribution is -2.40. The van der Waals surface area contributed by atoms with Crippen LogP contribution in [0.15, 0.2) is 18.2 Å². The molecule has 0 amide bonds. The van der Waals surface area contributed by atoms with Crippen LogP contribution in [0.2, 0.25) is 0 Å². The van der Waals surface area contributed by atoms with E-state index in [-0.39, 0.29) is 29.8 Å². The summed E-state index contributed by atoms with van der Waals surface area (Å²) in [5.41, 5.74) is 6.53. The topological polar surface area (TPSA) is 131 Å². The summed E-state index contributed by atoms with van der Waals surface area (Å²) in [6, 6.07) is 3.50. The van der Waals surface area contributed by atoms with Gasteiger partial charge in [0.1, 0.15) is 18.2 Å². The summed E-state index contributed by atoms with van der Waals surface area (Å²) in [5, 5.41) is 0. The lowest BCUT2D eigenvalue weighted by molar-refractivity contribution is -0.168. The highest BCUT2D eigenvalue weighted by Gasteiger charge is 2.25. The van der Waals surface area contributed by atoms with Gasteiger partial charge in [0, 0.05) is 13.8 Å². The number of rotatable bonds is 10. The minimum Gasteiger partial charge on any atom is -0.459 e. The summed E-state index contributed by atoms with van der Waals surface area (Å²) in [5.74, 6) is -2.31. The van der Waals surface area contributed by atoms with Crippen molar-refractivity contribution in [3.8, 4) is 11.5 Å². The van der Waals surface area contributed by atoms with E-state index in [0.29, 0.717) is 12.0 Å². The summed E-state index contributed by atoms with van der Waals surface area (Å²) >= 11 is 0. The smallest absolute Gasteiger partial charge is 0.323 e. The molecule has 0 bridgehead atoms. The van der Waals surface area contributed by atoms with Crippen molar-refractivity contribution >= 4 is 23.9 Å². The number of carbonyl (C=O) groups excluding carboxylic acids is 4. The molecular weight excluding hydrogens is 406 g/mol. The van der Waals surface area contributed by atoms with Gasteiger partial charge in [0.05, 0.1) is 5.92 Å². The molecule has 9 nitrogen and oxygen atoms in total. The second-order valence-corrected chi connectivity index (χ2v) is 7.37. The standard InChI is InChI=1S/C22H31NO8/c1-7-12(2)21(26)28-13(3)14(4)29-22(27)18(23)10-17-8-9-19(30-15(5)24)20(11-17)31-16(6)25/h8-9,11-14,18H,7,10,23H2,1-6H3/t12?,13?,14-,18-/m0/s1. The van der Waals surface area contributed by atoms with Gasteiger partial charge in [0.2, 0.25) is 0 Å². The van der Waals surface area contributed by atoms with Crippen molar-refractivity contribution in [2.75, 3.05) is 0 Å². The van der Waals surface area contributed by atoms with Gasteiger partial charge in [-0.2, -0.15) is 0 Å². The van der Waals surface area contributed by atoms with E-state index in [4.69, 9.17) is 24.7 Å². The SMILES string of the molecule is CCC(C)C(=O)OC(C)[C@H](C)OC(=O)[C@@H](N)Cc1ccc(OC(C)=O)c(OC(C)=O)c1. The molecule has 0 fully saturated rings. The molecule has 0 aliphatic heterocycles. The summed E-state index contributed by atoms with van der Waals surface area (Å²) in [6.45, 7) is 9.33. The molecule has 0 aromatic heterocycles. The van der Waals surface area contributed by atoms with Gasteiger partial charge in [-0.05, 0) is 44.4 Å².